The molecule has 1 amide bonds. The average Bonchev–Trinajstić information content (AvgIpc) is 3.10. The van der Waals surface area contributed by atoms with Crippen LogP contribution in [0.25, 0.3) is 0 Å². The molecule has 1 aliphatic heterocycles. The second kappa shape index (κ2) is 13.4. The summed E-state index contributed by atoms with van der Waals surface area (Å²) in [6, 6.07) is 7.36. The molecule has 7 heteroatoms. The lowest BCUT2D eigenvalue weighted by molar-refractivity contribution is -0.137. The Morgan fingerprint density at radius 3 is 2.70 bits per heavy atom. The molecule has 7 nitrogen and oxygen atoms in total. The summed E-state index contributed by atoms with van der Waals surface area (Å²) in [7, 11) is 0. The Morgan fingerprint density at radius 2 is 1.97 bits per heavy atom. The van der Waals surface area contributed by atoms with Crippen LogP contribution in [0, 0.1) is 0 Å². The van der Waals surface area contributed by atoms with Gasteiger partial charge in [-0.2, -0.15) is 0 Å². The predicted octanol–water partition coefficient (Wildman–Crippen LogP) is 4.50. The first-order valence-corrected chi connectivity index (χ1v) is 11.9. The van der Waals surface area contributed by atoms with Crippen molar-refractivity contribution in [2.24, 2.45) is 0 Å². The summed E-state index contributed by atoms with van der Waals surface area (Å²) in [5.74, 6) is 0.0516. The quantitative estimate of drug-likeness (QED) is 0.313. The number of rotatable bonds is 14. The van der Waals surface area contributed by atoms with Crippen molar-refractivity contribution in [3.05, 3.63) is 42.0 Å². The lowest BCUT2D eigenvalue weighted by Gasteiger charge is -2.22. The summed E-state index contributed by atoms with van der Waals surface area (Å²) in [5, 5.41) is 19.3. The molecule has 1 saturated heterocycles. The van der Waals surface area contributed by atoms with Gasteiger partial charge in [0.2, 0.25) is 5.91 Å². The Kier molecular flexibility index (Phi) is 10.9. The first-order valence-electron chi connectivity index (χ1n) is 11.9. The Bertz CT molecular complexity index is 785. The molecule has 33 heavy (non-hydrogen) atoms. The van der Waals surface area contributed by atoms with Crippen molar-refractivity contribution in [3.8, 4) is 5.75 Å². The molecule has 0 aromatic heterocycles. The van der Waals surface area contributed by atoms with Crippen molar-refractivity contribution in [1.29, 1.82) is 0 Å². The maximum absolute atomic E-state index is 12.3. The van der Waals surface area contributed by atoms with Crippen molar-refractivity contribution >= 4 is 11.9 Å². The fourth-order valence-electron chi connectivity index (χ4n) is 3.80. The number of benzene rings is 1. The minimum absolute atomic E-state index is 0.0138. The van der Waals surface area contributed by atoms with E-state index in [0.29, 0.717) is 38.3 Å². The Labute approximate surface area is 197 Å². The van der Waals surface area contributed by atoms with Gasteiger partial charge in [0.1, 0.15) is 12.4 Å². The monoisotopic (exact) mass is 461 g/mol. The lowest BCUT2D eigenvalue weighted by atomic mass is 10.1. The van der Waals surface area contributed by atoms with Gasteiger partial charge in [0.15, 0.2) is 0 Å². The average molecular weight is 462 g/mol. The number of carbonyl (C=O) groups is 2. The van der Waals surface area contributed by atoms with Gasteiger partial charge in [0, 0.05) is 19.4 Å². The van der Waals surface area contributed by atoms with E-state index in [2.05, 4.69) is 0 Å². The second-order valence-electron chi connectivity index (χ2n) is 9.46. The van der Waals surface area contributed by atoms with Crippen LogP contribution in [0.2, 0.25) is 0 Å². The zero-order valence-corrected chi connectivity index (χ0v) is 20.2. The number of unbranched alkanes of at least 4 members (excludes halogenated alkanes) is 3. The Morgan fingerprint density at radius 1 is 1.21 bits per heavy atom. The topological polar surface area (TPSA) is 96.3 Å². The number of carbonyl (C=O) groups excluding carboxylic acids is 1. The van der Waals surface area contributed by atoms with Crippen LogP contribution < -0.4 is 4.74 Å². The van der Waals surface area contributed by atoms with Gasteiger partial charge in [0.25, 0.3) is 0 Å². The molecule has 2 atom stereocenters. The summed E-state index contributed by atoms with van der Waals surface area (Å²) < 4.78 is 11.4. The maximum Gasteiger partial charge on any atom is 0.303 e. The number of aliphatic hydroxyl groups is 1. The number of ether oxygens (including phenoxy) is 2. The van der Waals surface area contributed by atoms with E-state index in [0.717, 1.165) is 31.2 Å². The molecular formula is C26H39NO6. The number of carboxylic acid groups (broad SMARTS) is 1. The molecule has 184 valence electrons. The van der Waals surface area contributed by atoms with Crippen molar-refractivity contribution in [2.45, 2.75) is 83.5 Å². The van der Waals surface area contributed by atoms with E-state index in [1.165, 1.54) is 0 Å². The highest BCUT2D eigenvalue weighted by molar-refractivity contribution is 5.79. The van der Waals surface area contributed by atoms with Crippen molar-refractivity contribution in [2.75, 3.05) is 19.8 Å². The fourth-order valence-corrected chi connectivity index (χ4v) is 3.80. The minimum atomic E-state index is -0.784. The molecule has 0 radical (unpaired) electrons. The first kappa shape index (κ1) is 26.9. The van der Waals surface area contributed by atoms with Gasteiger partial charge in [0.05, 0.1) is 24.4 Å². The molecule has 0 saturated carbocycles. The number of hydrogen-bond acceptors (Lipinski definition) is 5. The van der Waals surface area contributed by atoms with Crippen molar-refractivity contribution in [1.82, 2.24) is 4.90 Å². The summed E-state index contributed by atoms with van der Waals surface area (Å²) in [5.41, 5.74) is 0.525. The minimum Gasteiger partial charge on any atom is -0.491 e. The van der Waals surface area contributed by atoms with Gasteiger partial charge >= 0.3 is 5.97 Å². The summed E-state index contributed by atoms with van der Waals surface area (Å²) in [6.45, 7) is 7.58. The Hall–Kier alpha value is -2.38. The van der Waals surface area contributed by atoms with E-state index >= 15 is 0 Å². The normalized spacial score (nSPS) is 17.6. The molecular weight excluding hydrogens is 422 g/mol. The van der Waals surface area contributed by atoms with Crippen LogP contribution in [0.1, 0.15) is 77.4 Å². The number of carboxylic acids is 1. The number of hydrogen-bond donors (Lipinski definition) is 2. The van der Waals surface area contributed by atoms with Crippen LogP contribution in [0.5, 0.6) is 5.75 Å². The van der Waals surface area contributed by atoms with Gasteiger partial charge in [-0.05, 0) is 57.7 Å². The van der Waals surface area contributed by atoms with E-state index in [-0.39, 0.29) is 24.0 Å². The smallest absolute Gasteiger partial charge is 0.303 e. The Balaban J connectivity index is 1.82. The third-order valence-corrected chi connectivity index (χ3v) is 5.52. The molecule has 0 aliphatic carbocycles. The zero-order chi connectivity index (χ0) is 24.3. The van der Waals surface area contributed by atoms with Crippen LogP contribution in [-0.2, 0) is 14.3 Å². The van der Waals surface area contributed by atoms with E-state index in [1.807, 2.05) is 56.0 Å². The summed E-state index contributed by atoms with van der Waals surface area (Å²) in [4.78, 5) is 24.7. The standard InChI is InChI=1S/C26H39NO6/c1-26(2,3)33-18-17-32-22-10-8-9-20(19-22)23(28)14-12-21-13-15-24(29)27(21)16-7-5-4-6-11-25(30)31/h8-10,12,14,19,21,23,28H,4-7,11,13,15-18H2,1-3H3,(H,30,31)/b14-12+/t21-,23?/m0/s1. The molecule has 2 N–H and O–H groups in total. The molecule has 1 aromatic rings. The van der Waals surface area contributed by atoms with E-state index in [1.54, 1.807) is 6.08 Å². The molecule has 0 bridgehead atoms. The highest BCUT2D eigenvalue weighted by Gasteiger charge is 2.28. The maximum atomic E-state index is 12.3. The lowest BCUT2D eigenvalue weighted by Crippen LogP contribution is -2.32. The number of likely N-dealkylation sites (tertiary alicyclic amines) is 1. The molecule has 1 aliphatic rings. The van der Waals surface area contributed by atoms with E-state index in [4.69, 9.17) is 14.6 Å². The van der Waals surface area contributed by atoms with E-state index < -0.39 is 12.1 Å². The third-order valence-electron chi connectivity index (χ3n) is 5.52. The van der Waals surface area contributed by atoms with Crippen LogP contribution in [-0.4, -0.2) is 58.4 Å². The van der Waals surface area contributed by atoms with Crippen LogP contribution >= 0.6 is 0 Å². The molecule has 1 heterocycles. The number of amides is 1. The second-order valence-corrected chi connectivity index (χ2v) is 9.46. The van der Waals surface area contributed by atoms with Gasteiger partial charge in [-0.3, -0.25) is 9.59 Å². The first-order chi connectivity index (χ1) is 15.7. The van der Waals surface area contributed by atoms with Gasteiger partial charge in [-0.25, -0.2) is 0 Å². The largest absolute Gasteiger partial charge is 0.491 e. The van der Waals surface area contributed by atoms with Gasteiger partial charge in [-0.15, -0.1) is 0 Å². The van der Waals surface area contributed by atoms with Gasteiger partial charge < -0.3 is 24.6 Å². The van der Waals surface area contributed by atoms with E-state index in [9.17, 15) is 14.7 Å². The van der Waals surface area contributed by atoms with Crippen LogP contribution in [0.3, 0.4) is 0 Å². The zero-order valence-electron chi connectivity index (χ0n) is 20.2. The van der Waals surface area contributed by atoms with Gasteiger partial charge in [-0.1, -0.05) is 37.1 Å². The summed E-state index contributed by atoms with van der Waals surface area (Å²) >= 11 is 0. The number of aliphatic hydroxyl groups excluding tert-OH is 1. The van der Waals surface area contributed by atoms with Crippen molar-refractivity contribution < 1.29 is 29.3 Å². The number of aliphatic carboxylic acids is 1. The van der Waals surface area contributed by atoms with Crippen molar-refractivity contribution in [3.63, 3.8) is 0 Å². The van der Waals surface area contributed by atoms with Crippen LogP contribution in [0.4, 0.5) is 0 Å². The molecule has 1 aromatic carbocycles. The third kappa shape index (κ3) is 10.4. The predicted molar refractivity (Wildman–Crippen MR) is 127 cm³/mol. The fraction of sp³-hybridized carbons (Fsp3) is 0.615. The molecule has 0 spiro atoms. The SMILES string of the molecule is CC(C)(C)OCCOc1cccc(C(O)/C=C/[C@H]2CCC(=O)N2CCCCCCC(=O)O)c1. The molecule has 1 unspecified atom stereocenters. The van der Waals surface area contributed by atoms with Crippen LogP contribution in [0.15, 0.2) is 36.4 Å². The highest BCUT2D eigenvalue weighted by Crippen LogP contribution is 2.24. The number of nitrogens with zero attached hydrogens (tertiary/aromatic N) is 1. The molecule has 1 fully saturated rings. The summed E-state index contributed by atoms with van der Waals surface area (Å²) in [6.07, 6.45) is 7.63. The molecule has 2 rings (SSSR count). The highest BCUT2D eigenvalue weighted by atomic mass is 16.5.